The molecule has 4 nitrogen and oxygen atoms in total. The summed E-state index contributed by atoms with van der Waals surface area (Å²) in [5, 5.41) is 0. The lowest BCUT2D eigenvalue weighted by Crippen LogP contribution is -2.23. The summed E-state index contributed by atoms with van der Waals surface area (Å²) in [7, 11) is 0.0411. The molecule has 2 rings (SSSR count). The second kappa shape index (κ2) is 8.09. The number of hydrogen-bond acceptors (Lipinski definition) is 4. The molecule has 0 saturated heterocycles. The molecular formula is C16H25O4P. The molecule has 1 aliphatic carbocycles. The maximum absolute atomic E-state index is 12.1. The van der Waals surface area contributed by atoms with Gasteiger partial charge in [-0.25, -0.2) is 0 Å². The Bertz CT molecular complexity index is 447. The third-order valence-corrected chi connectivity index (χ3v) is 6.24. The third-order valence-electron chi connectivity index (χ3n) is 4.16. The molecule has 1 fully saturated rings. The van der Waals surface area contributed by atoms with Crippen molar-refractivity contribution < 1.29 is 18.3 Å². The molecule has 0 N–H and O–H groups in total. The minimum atomic E-state index is -2.87. The van der Waals surface area contributed by atoms with Crippen molar-refractivity contribution in [1.29, 1.82) is 0 Å². The van der Waals surface area contributed by atoms with Crippen molar-refractivity contribution in [1.82, 2.24) is 0 Å². The average Bonchev–Trinajstić information content (AvgIpc) is 2.55. The highest BCUT2D eigenvalue weighted by Crippen LogP contribution is 2.50. The van der Waals surface area contributed by atoms with Gasteiger partial charge in [-0.15, -0.1) is 0 Å². The zero-order chi connectivity index (χ0) is 15.1. The van der Waals surface area contributed by atoms with Crippen LogP contribution < -0.4 is 0 Å². The Morgan fingerprint density at radius 2 is 1.67 bits per heavy atom. The van der Waals surface area contributed by atoms with E-state index in [2.05, 4.69) is 12.1 Å². The molecule has 1 saturated carbocycles. The summed E-state index contributed by atoms with van der Waals surface area (Å²) in [5.74, 6) is 0.410. The number of ether oxygens (including phenoxy) is 1. The van der Waals surface area contributed by atoms with Crippen molar-refractivity contribution in [3.8, 4) is 0 Å². The van der Waals surface area contributed by atoms with Crippen LogP contribution >= 0.6 is 7.60 Å². The second-order valence-electron chi connectivity index (χ2n) is 5.60. The van der Waals surface area contributed by atoms with Crippen molar-refractivity contribution >= 4 is 7.60 Å². The quantitative estimate of drug-likeness (QED) is 0.706. The van der Waals surface area contributed by atoms with E-state index in [9.17, 15) is 4.57 Å². The topological polar surface area (TPSA) is 44.8 Å². The lowest BCUT2D eigenvalue weighted by atomic mass is 9.89. The standard InChI is InChI=1S/C16H25O4P/c1-18-21(17,19-2)13-15-8-10-16(11-9-15)20-12-14-6-4-3-5-7-14/h3-7,15-16H,8-13H2,1-2H3. The highest BCUT2D eigenvalue weighted by Gasteiger charge is 2.30. The van der Waals surface area contributed by atoms with Gasteiger partial charge < -0.3 is 13.8 Å². The van der Waals surface area contributed by atoms with Gasteiger partial charge in [0.1, 0.15) is 0 Å². The first-order valence-electron chi connectivity index (χ1n) is 7.51. The van der Waals surface area contributed by atoms with E-state index in [-0.39, 0.29) is 0 Å². The molecule has 1 aromatic carbocycles. The monoisotopic (exact) mass is 312 g/mol. The zero-order valence-electron chi connectivity index (χ0n) is 12.9. The maximum atomic E-state index is 12.1. The van der Waals surface area contributed by atoms with Gasteiger partial charge in [-0.3, -0.25) is 4.57 Å². The first kappa shape index (κ1) is 16.7. The summed E-state index contributed by atoms with van der Waals surface area (Å²) in [4.78, 5) is 0. The van der Waals surface area contributed by atoms with E-state index < -0.39 is 7.60 Å². The van der Waals surface area contributed by atoms with E-state index in [1.807, 2.05) is 18.2 Å². The Kier molecular flexibility index (Phi) is 6.43. The van der Waals surface area contributed by atoms with E-state index in [0.717, 1.165) is 25.7 Å². The Morgan fingerprint density at radius 1 is 1.05 bits per heavy atom. The normalized spacial score (nSPS) is 23.1. The Hall–Kier alpha value is -0.670. The fraction of sp³-hybridized carbons (Fsp3) is 0.625. The van der Waals surface area contributed by atoms with Crippen LogP contribution in [0.15, 0.2) is 30.3 Å². The summed E-state index contributed by atoms with van der Waals surface area (Å²) in [6, 6.07) is 10.2. The maximum Gasteiger partial charge on any atom is 0.330 e. The van der Waals surface area contributed by atoms with Crippen molar-refractivity contribution in [2.45, 2.75) is 38.4 Å². The van der Waals surface area contributed by atoms with Gasteiger partial charge in [0.15, 0.2) is 0 Å². The molecule has 21 heavy (non-hydrogen) atoms. The highest BCUT2D eigenvalue weighted by molar-refractivity contribution is 7.53. The van der Waals surface area contributed by atoms with E-state index >= 15 is 0 Å². The average molecular weight is 312 g/mol. The van der Waals surface area contributed by atoms with Crippen LogP contribution in [0.2, 0.25) is 0 Å². The first-order valence-corrected chi connectivity index (χ1v) is 9.24. The molecular weight excluding hydrogens is 287 g/mol. The fourth-order valence-electron chi connectivity index (χ4n) is 2.81. The summed E-state index contributed by atoms with van der Waals surface area (Å²) < 4.78 is 28.2. The van der Waals surface area contributed by atoms with Crippen LogP contribution in [0.3, 0.4) is 0 Å². The van der Waals surface area contributed by atoms with Gasteiger partial charge in [-0.2, -0.15) is 0 Å². The second-order valence-corrected chi connectivity index (χ2v) is 7.92. The molecule has 0 amide bonds. The molecule has 118 valence electrons. The van der Waals surface area contributed by atoms with E-state index in [1.54, 1.807) is 0 Å². The van der Waals surface area contributed by atoms with Crippen LogP contribution in [0.4, 0.5) is 0 Å². The fourth-order valence-corrected chi connectivity index (χ4v) is 4.25. The molecule has 0 atom stereocenters. The van der Waals surface area contributed by atoms with Crippen LogP contribution in [0, 0.1) is 5.92 Å². The lowest BCUT2D eigenvalue weighted by Gasteiger charge is -2.29. The van der Waals surface area contributed by atoms with Gasteiger partial charge in [0.05, 0.1) is 18.9 Å². The summed E-state index contributed by atoms with van der Waals surface area (Å²) in [6.45, 7) is 0.671. The minimum Gasteiger partial charge on any atom is -0.374 e. The largest absolute Gasteiger partial charge is 0.374 e. The molecule has 5 heteroatoms. The highest BCUT2D eigenvalue weighted by atomic mass is 31.2. The van der Waals surface area contributed by atoms with Crippen molar-refractivity contribution in [2.24, 2.45) is 5.92 Å². The molecule has 0 heterocycles. The minimum absolute atomic E-state index is 0.311. The molecule has 0 bridgehead atoms. The van der Waals surface area contributed by atoms with Crippen LogP contribution in [-0.4, -0.2) is 26.5 Å². The summed E-state index contributed by atoms with van der Waals surface area (Å²) >= 11 is 0. The van der Waals surface area contributed by atoms with Crippen LogP contribution in [0.25, 0.3) is 0 Å². The molecule has 0 radical (unpaired) electrons. The Labute approximate surface area is 127 Å². The van der Waals surface area contributed by atoms with Gasteiger partial charge in [0.25, 0.3) is 0 Å². The molecule has 0 spiro atoms. The number of rotatable bonds is 7. The molecule has 1 aliphatic rings. The van der Waals surface area contributed by atoms with E-state index in [0.29, 0.717) is 24.8 Å². The van der Waals surface area contributed by atoms with Gasteiger partial charge in [-0.1, -0.05) is 30.3 Å². The molecule has 1 aromatic rings. The van der Waals surface area contributed by atoms with Crippen molar-refractivity contribution in [3.05, 3.63) is 35.9 Å². The van der Waals surface area contributed by atoms with Gasteiger partial charge >= 0.3 is 7.60 Å². The van der Waals surface area contributed by atoms with E-state index in [4.69, 9.17) is 13.8 Å². The molecule has 0 aliphatic heterocycles. The first-order chi connectivity index (χ1) is 10.1. The zero-order valence-corrected chi connectivity index (χ0v) is 13.8. The van der Waals surface area contributed by atoms with Crippen LogP contribution in [-0.2, 0) is 25.0 Å². The van der Waals surface area contributed by atoms with Crippen molar-refractivity contribution in [2.75, 3.05) is 20.4 Å². The third kappa shape index (κ3) is 5.23. The SMILES string of the molecule is COP(=O)(CC1CCC(OCc2ccccc2)CC1)OC. The number of benzene rings is 1. The Balaban J connectivity index is 1.72. The molecule has 0 aromatic heterocycles. The van der Waals surface area contributed by atoms with Crippen LogP contribution in [0.1, 0.15) is 31.2 Å². The van der Waals surface area contributed by atoms with E-state index in [1.165, 1.54) is 19.8 Å². The van der Waals surface area contributed by atoms with Gasteiger partial charge in [0, 0.05) is 14.2 Å². The van der Waals surface area contributed by atoms with Gasteiger partial charge in [0.2, 0.25) is 0 Å². The lowest BCUT2D eigenvalue weighted by molar-refractivity contribution is 0.00857. The predicted octanol–water partition coefficient (Wildman–Crippen LogP) is 4.25. The predicted molar refractivity (Wildman–Crippen MR) is 83.5 cm³/mol. The smallest absolute Gasteiger partial charge is 0.330 e. The summed E-state index contributed by atoms with van der Waals surface area (Å²) in [6.07, 6.45) is 4.92. The van der Waals surface area contributed by atoms with Crippen LogP contribution in [0.5, 0.6) is 0 Å². The molecule has 0 unspecified atom stereocenters. The Morgan fingerprint density at radius 3 is 2.24 bits per heavy atom. The van der Waals surface area contributed by atoms with Crippen molar-refractivity contribution in [3.63, 3.8) is 0 Å². The van der Waals surface area contributed by atoms with Gasteiger partial charge in [-0.05, 0) is 37.2 Å². The summed E-state index contributed by atoms with van der Waals surface area (Å²) in [5.41, 5.74) is 1.21. The number of hydrogen-bond donors (Lipinski definition) is 0.